The van der Waals surface area contributed by atoms with E-state index in [9.17, 15) is 18.0 Å². The van der Waals surface area contributed by atoms with Crippen molar-refractivity contribution in [3.05, 3.63) is 29.7 Å². The standard InChI is InChI=1S/C12H13F3N6O2/c1-7(10-18-19-20-21(10)2)16-11(22)8-4-3-5-9(17-8)23-6-12(13,14)15/h3-5,7H,6H2,1-2H3,(H,16,22). The van der Waals surface area contributed by atoms with Crippen LogP contribution in [0, 0.1) is 0 Å². The summed E-state index contributed by atoms with van der Waals surface area (Å²) in [6, 6.07) is 3.46. The molecule has 0 aromatic carbocycles. The molecule has 124 valence electrons. The number of aryl methyl sites for hydroxylation is 1. The molecule has 2 aromatic rings. The summed E-state index contributed by atoms with van der Waals surface area (Å²) in [4.78, 5) is 15.8. The molecule has 8 nitrogen and oxygen atoms in total. The van der Waals surface area contributed by atoms with Crippen molar-refractivity contribution < 1.29 is 22.7 Å². The second-order valence-electron chi connectivity index (χ2n) is 4.62. The number of alkyl halides is 3. The number of halogens is 3. The van der Waals surface area contributed by atoms with Gasteiger partial charge in [-0.2, -0.15) is 13.2 Å². The average Bonchev–Trinajstić information content (AvgIpc) is 2.91. The highest BCUT2D eigenvalue weighted by Gasteiger charge is 2.28. The van der Waals surface area contributed by atoms with Gasteiger partial charge >= 0.3 is 6.18 Å². The highest BCUT2D eigenvalue weighted by Crippen LogP contribution is 2.17. The highest BCUT2D eigenvalue weighted by molar-refractivity contribution is 5.92. The van der Waals surface area contributed by atoms with Crippen LogP contribution in [0.25, 0.3) is 0 Å². The summed E-state index contributed by atoms with van der Waals surface area (Å²) in [5, 5.41) is 13.4. The third kappa shape index (κ3) is 4.63. The Kier molecular flexibility index (Phi) is 4.77. The van der Waals surface area contributed by atoms with E-state index in [0.717, 1.165) is 0 Å². The predicted octanol–water partition coefficient (Wildman–Crippen LogP) is 1.04. The smallest absolute Gasteiger partial charge is 0.422 e. The molecule has 0 spiro atoms. The van der Waals surface area contributed by atoms with Gasteiger partial charge in [0.15, 0.2) is 12.4 Å². The fourth-order valence-corrected chi connectivity index (χ4v) is 1.72. The first-order valence-corrected chi connectivity index (χ1v) is 6.46. The van der Waals surface area contributed by atoms with Gasteiger partial charge in [0, 0.05) is 13.1 Å². The van der Waals surface area contributed by atoms with Gasteiger partial charge in [0.2, 0.25) is 5.88 Å². The molecule has 0 fully saturated rings. The fourth-order valence-electron chi connectivity index (χ4n) is 1.72. The van der Waals surface area contributed by atoms with Crippen LogP contribution in [0.15, 0.2) is 18.2 Å². The van der Waals surface area contributed by atoms with Gasteiger partial charge in [-0.05, 0) is 23.4 Å². The van der Waals surface area contributed by atoms with Crippen LogP contribution in [-0.2, 0) is 7.05 Å². The number of carbonyl (C=O) groups excluding carboxylic acids is 1. The van der Waals surface area contributed by atoms with E-state index in [2.05, 4.69) is 30.6 Å². The molecular weight excluding hydrogens is 317 g/mol. The maximum Gasteiger partial charge on any atom is 0.422 e. The monoisotopic (exact) mass is 330 g/mol. The first kappa shape index (κ1) is 16.6. The van der Waals surface area contributed by atoms with E-state index < -0.39 is 24.7 Å². The van der Waals surface area contributed by atoms with Crippen molar-refractivity contribution in [3.8, 4) is 5.88 Å². The van der Waals surface area contributed by atoms with Crippen molar-refractivity contribution in [1.29, 1.82) is 0 Å². The van der Waals surface area contributed by atoms with Crippen molar-refractivity contribution in [2.24, 2.45) is 7.05 Å². The van der Waals surface area contributed by atoms with E-state index >= 15 is 0 Å². The lowest BCUT2D eigenvalue weighted by molar-refractivity contribution is -0.154. The van der Waals surface area contributed by atoms with Crippen LogP contribution in [0.1, 0.15) is 29.3 Å². The highest BCUT2D eigenvalue weighted by atomic mass is 19.4. The van der Waals surface area contributed by atoms with Crippen LogP contribution in [0.4, 0.5) is 13.2 Å². The lowest BCUT2D eigenvalue weighted by atomic mass is 10.2. The van der Waals surface area contributed by atoms with Crippen molar-refractivity contribution in [2.75, 3.05) is 6.61 Å². The van der Waals surface area contributed by atoms with E-state index in [4.69, 9.17) is 0 Å². The van der Waals surface area contributed by atoms with E-state index in [0.29, 0.717) is 5.82 Å². The number of aromatic nitrogens is 5. The predicted molar refractivity (Wildman–Crippen MR) is 70.5 cm³/mol. The molecule has 2 aromatic heterocycles. The molecule has 11 heteroatoms. The van der Waals surface area contributed by atoms with Gasteiger partial charge in [-0.3, -0.25) is 4.79 Å². The zero-order chi connectivity index (χ0) is 17.0. The molecular formula is C12H13F3N6O2. The minimum absolute atomic E-state index is 0.0772. The summed E-state index contributed by atoms with van der Waals surface area (Å²) in [7, 11) is 1.61. The van der Waals surface area contributed by atoms with Gasteiger partial charge in [0.25, 0.3) is 5.91 Å². The molecule has 0 bridgehead atoms. The zero-order valence-electron chi connectivity index (χ0n) is 12.2. The van der Waals surface area contributed by atoms with Gasteiger partial charge in [-0.15, -0.1) is 5.10 Å². The van der Waals surface area contributed by atoms with E-state index in [1.807, 2.05) is 0 Å². The number of rotatable bonds is 5. The summed E-state index contributed by atoms with van der Waals surface area (Å²) in [5.41, 5.74) is -0.0772. The molecule has 0 aliphatic heterocycles. The molecule has 2 rings (SSSR count). The summed E-state index contributed by atoms with van der Waals surface area (Å²) in [6.07, 6.45) is -4.48. The SMILES string of the molecule is CC(NC(=O)c1cccc(OCC(F)(F)F)n1)c1nnnn1C. The maximum absolute atomic E-state index is 12.1. The molecule has 0 radical (unpaired) electrons. The second kappa shape index (κ2) is 6.58. The quantitative estimate of drug-likeness (QED) is 0.880. The fraction of sp³-hybridized carbons (Fsp3) is 0.417. The molecule has 0 saturated carbocycles. The molecule has 1 atom stereocenters. The van der Waals surface area contributed by atoms with Gasteiger partial charge in [0.1, 0.15) is 5.69 Å². The molecule has 0 aliphatic rings. The molecule has 1 amide bonds. The van der Waals surface area contributed by atoms with Gasteiger partial charge in [-0.1, -0.05) is 6.07 Å². The number of nitrogens with one attached hydrogen (secondary N) is 1. The van der Waals surface area contributed by atoms with Crippen LogP contribution < -0.4 is 10.1 Å². The third-order valence-corrected chi connectivity index (χ3v) is 2.73. The largest absolute Gasteiger partial charge is 0.468 e. The first-order valence-electron chi connectivity index (χ1n) is 6.46. The summed E-state index contributed by atoms with van der Waals surface area (Å²) < 4.78 is 42.2. The zero-order valence-corrected chi connectivity index (χ0v) is 12.2. The Labute approximate surface area is 128 Å². The van der Waals surface area contributed by atoms with Crippen molar-refractivity contribution >= 4 is 5.91 Å². The molecule has 0 saturated heterocycles. The maximum atomic E-state index is 12.1. The number of nitrogens with zero attached hydrogens (tertiary/aromatic N) is 5. The third-order valence-electron chi connectivity index (χ3n) is 2.73. The lowest BCUT2D eigenvalue weighted by Crippen LogP contribution is -2.29. The minimum Gasteiger partial charge on any atom is -0.468 e. The van der Waals surface area contributed by atoms with Gasteiger partial charge < -0.3 is 10.1 Å². The Hall–Kier alpha value is -2.72. The number of hydrogen-bond acceptors (Lipinski definition) is 6. The molecule has 1 unspecified atom stereocenters. The molecule has 2 heterocycles. The Bertz CT molecular complexity index is 687. The summed E-state index contributed by atoms with van der Waals surface area (Å²) >= 11 is 0. The van der Waals surface area contributed by atoms with Crippen molar-refractivity contribution in [2.45, 2.75) is 19.1 Å². The average molecular weight is 330 g/mol. The molecule has 23 heavy (non-hydrogen) atoms. The van der Waals surface area contributed by atoms with Gasteiger partial charge in [-0.25, -0.2) is 9.67 Å². The van der Waals surface area contributed by atoms with Crippen LogP contribution in [0.5, 0.6) is 5.88 Å². The van der Waals surface area contributed by atoms with Crippen LogP contribution in [0.3, 0.4) is 0 Å². The first-order chi connectivity index (χ1) is 10.8. The van der Waals surface area contributed by atoms with Crippen molar-refractivity contribution in [1.82, 2.24) is 30.5 Å². The van der Waals surface area contributed by atoms with Crippen LogP contribution in [0.2, 0.25) is 0 Å². The lowest BCUT2D eigenvalue weighted by Gasteiger charge is -2.12. The number of amides is 1. The van der Waals surface area contributed by atoms with Crippen LogP contribution >= 0.6 is 0 Å². The summed E-state index contributed by atoms with van der Waals surface area (Å²) in [5.74, 6) is -0.455. The Morgan fingerprint density at radius 1 is 1.43 bits per heavy atom. The second-order valence-corrected chi connectivity index (χ2v) is 4.62. The normalized spacial score (nSPS) is 12.7. The Morgan fingerprint density at radius 2 is 2.17 bits per heavy atom. The number of hydrogen-bond donors (Lipinski definition) is 1. The van der Waals surface area contributed by atoms with E-state index in [-0.39, 0.29) is 11.6 Å². The number of carbonyl (C=O) groups is 1. The Balaban J connectivity index is 2.03. The number of ether oxygens (including phenoxy) is 1. The topological polar surface area (TPSA) is 94.8 Å². The number of tetrazole rings is 1. The minimum atomic E-state index is -4.48. The van der Waals surface area contributed by atoms with Gasteiger partial charge in [0.05, 0.1) is 6.04 Å². The molecule has 1 N–H and O–H groups in total. The summed E-state index contributed by atoms with van der Waals surface area (Å²) in [6.45, 7) is 0.180. The van der Waals surface area contributed by atoms with Crippen molar-refractivity contribution in [3.63, 3.8) is 0 Å². The van der Waals surface area contributed by atoms with E-state index in [1.54, 1.807) is 14.0 Å². The van der Waals surface area contributed by atoms with Crippen LogP contribution in [-0.4, -0.2) is 43.9 Å². The Morgan fingerprint density at radius 3 is 2.78 bits per heavy atom. The van der Waals surface area contributed by atoms with E-state index in [1.165, 1.54) is 22.9 Å². The number of pyridine rings is 1. The molecule has 0 aliphatic carbocycles.